The number of anilines is 1. The highest BCUT2D eigenvalue weighted by Gasteiger charge is 2.25. The number of amides is 2. The number of nitrogens with one attached hydrogen (secondary N) is 1. The van der Waals surface area contributed by atoms with Crippen LogP contribution >= 0.6 is 0 Å². The van der Waals surface area contributed by atoms with Gasteiger partial charge in [-0.2, -0.15) is 0 Å². The summed E-state index contributed by atoms with van der Waals surface area (Å²) in [6.07, 6.45) is 3.10. The number of carbonyl (C=O) groups excluding carboxylic acids is 2. The molecule has 26 heavy (non-hydrogen) atoms. The molecule has 2 aromatic rings. The summed E-state index contributed by atoms with van der Waals surface area (Å²) in [6.45, 7) is 8.03. The fourth-order valence-electron chi connectivity index (χ4n) is 2.73. The molecule has 136 valence electrons. The van der Waals surface area contributed by atoms with Crippen LogP contribution in [0.1, 0.15) is 26.7 Å². The highest BCUT2D eigenvalue weighted by Crippen LogP contribution is 2.15. The Labute approximate surface area is 151 Å². The van der Waals surface area contributed by atoms with E-state index >= 15 is 0 Å². The molecule has 1 saturated heterocycles. The number of carbonyl (C=O) groups is 2. The largest absolute Gasteiger partial charge is 0.459 e. The number of furan rings is 1. The van der Waals surface area contributed by atoms with Gasteiger partial charge in [-0.15, -0.1) is 6.58 Å². The van der Waals surface area contributed by atoms with Gasteiger partial charge in [0, 0.05) is 38.4 Å². The number of rotatable bonds is 5. The van der Waals surface area contributed by atoms with Crippen molar-refractivity contribution in [2.24, 2.45) is 0 Å². The molecule has 0 saturated carbocycles. The Morgan fingerprint density at radius 3 is 2.73 bits per heavy atom. The summed E-state index contributed by atoms with van der Waals surface area (Å²) in [5, 5.41) is 2.71. The Balaban J connectivity index is 1.67. The molecular weight excluding hydrogens is 334 g/mol. The lowest BCUT2D eigenvalue weighted by Crippen LogP contribution is -2.49. The molecule has 0 aromatic carbocycles. The minimum Gasteiger partial charge on any atom is -0.459 e. The van der Waals surface area contributed by atoms with E-state index < -0.39 is 0 Å². The van der Waals surface area contributed by atoms with Crippen molar-refractivity contribution in [3.63, 3.8) is 0 Å². The average molecular weight is 355 g/mol. The van der Waals surface area contributed by atoms with Crippen LogP contribution in [0.2, 0.25) is 0 Å². The second-order valence-corrected chi connectivity index (χ2v) is 5.95. The van der Waals surface area contributed by atoms with E-state index in [9.17, 15) is 9.59 Å². The van der Waals surface area contributed by atoms with Gasteiger partial charge in [-0.1, -0.05) is 6.08 Å². The molecule has 2 aromatic heterocycles. The first-order chi connectivity index (χ1) is 12.6. The maximum Gasteiger partial charge on any atom is 0.289 e. The SMILES string of the molecule is C=CCNC(=O)c1cc(C)nc(N2CCN(C(=O)c3ccco3)CC2)n1. The van der Waals surface area contributed by atoms with Gasteiger partial charge in [-0.3, -0.25) is 9.59 Å². The highest BCUT2D eigenvalue weighted by molar-refractivity contribution is 5.93. The van der Waals surface area contributed by atoms with Gasteiger partial charge in [0.25, 0.3) is 11.8 Å². The quantitative estimate of drug-likeness (QED) is 0.812. The smallest absolute Gasteiger partial charge is 0.289 e. The van der Waals surface area contributed by atoms with Crippen molar-refractivity contribution in [3.05, 3.63) is 54.3 Å². The van der Waals surface area contributed by atoms with Gasteiger partial charge in [0.15, 0.2) is 5.76 Å². The number of nitrogens with zero attached hydrogens (tertiary/aromatic N) is 4. The molecule has 0 aliphatic carbocycles. The van der Waals surface area contributed by atoms with Crippen LogP contribution < -0.4 is 10.2 Å². The topological polar surface area (TPSA) is 91.6 Å². The molecule has 0 radical (unpaired) electrons. The minimum atomic E-state index is -0.261. The summed E-state index contributed by atoms with van der Waals surface area (Å²) in [6, 6.07) is 5.01. The Kier molecular flexibility index (Phi) is 5.31. The van der Waals surface area contributed by atoms with E-state index in [-0.39, 0.29) is 11.8 Å². The second-order valence-electron chi connectivity index (χ2n) is 5.95. The van der Waals surface area contributed by atoms with Crippen LogP contribution in [0.3, 0.4) is 0 Å². The van der Waals surface area contributed by atoms with Crippen molar-refractivity contribution in [2.45, 2.75) is 6.92 Å². The molecule has 8 heteroatoms. The number of hydrogen-bond donors (Lipinski definition) is 1. The van der Waals surface area contributed by atoms with Crippen LogP contribution in [0, 0.1) is 6.92 Å². The zero-order valence-electron chi connectivity index (χ0n) is 14.6. The van der Waals surface area contributed by atoms with Crippen LogP contribution in [0.4, 0.5) is 5.95 Å². The fraction of sp³-hybridized carbons (Fsp3) is 0.333. The summed E-state index contributed by atoms with van der Waals surface area (Å²) in [5.41, 5.74) is 1.04. The van der Waals surface area contributed by atoms with Crippen molar-refractivity contribution in [3.8, 4) is 0 Å². The van der Waals surface area contributed by atoms with Crippen molar-refractivity contribution < 1.29 is 14.0 Å². The molecule has 0 bridgehead atoms. The minimum absolute atomic E-state index is 0.121. The molecule has 1 aliphatic rings. The van der Waals surface area contributed by atoms with Crippen molar-refractivity contribution in [2.75, 3.05) is 37.6 Å². The molecule has 1 aliphatic heterocycles. The van der Waals surface area contributed by atoms with Crippen molar-refractivity contribution in [1.82, 2.24) is 20.2 Å². The van der Waals surface area contributed by atoms with E-state index in [1.807, 2.05) is 11.8 Å². The standard InChI is InChI=1S/C18H21N5O3/c1-3-6-19-16(24)14-12-13(2)20-18(21-14)23-9-7-22(8-10-23)17(25)15-5-4-11-26-15/h3-5,11-12H,1,6-10H2,2H3,(H,19,24). The Morgan fingerprint density at radius 2 is 2.08 bits per heavy atom. The predicted molar refractivity (Wildman–Crippen MR) is 96.1 cm³/mol. The number of aromatic nitrogens is 2. The Hall–Kier alpha value is -3.16. The van der Waals surface area contributed by atoms with Crippen LogP contribution in [0.5, 0.6) is 0 Å². The maximum absolute atomic E-state index is 12.3. The first kappa shape index (κ1) is 17.7. The molecule has 1 fully saturated rings. The molecule has 8 nitrogen and oxygen atoms in total. The number of hydrogen-bond acceptors (Lipinski definition) is 6. The first-order valence-electron chi connectivity index (χ1n) is 8.41. The molecule has 0 unspecified atom stereocenters. The van der Waals surface area contributed by atoms with E-state index in [4.69, 9.17) is 4.42 Å². The third kappa shape index (κ3) is 3.90. The summed E-state index contributed by atoms with van der Waals surface area (Å²) in [5.74, 6) is 0.456. The van der Waals surface area contributed by atoms with Gasteiger partial charge in [0.2, 0.25) is 5.95 Å². The lowest BCUT2D eigenvalue weighted by atomic mass is 10.3. The zero-order valence-corrected chi connectivity index (χ0v) is 14.6. The number of piperazine rings is 1. The van der Waals surface area contributed by atoms with Crippen LogP contribution in [0.15, 0.2) is 41.5 Å². The van der Waals surface area contributed by atoms with E-state index in [1.54, 1.807) is 29.2 Å². The molecule has 3 heterocycles. The molecule has 2 amide bonds. The monoisotopic (exact) mass is 355 g/mol. The second kappa shape index (κ2) is 7.81. The fourth-order valence-corrected chi connectivity index (χ4v) is 2.73. The van der Waals surface area contributed by atoms with Crippen molar-refractivity contribution >= 4 is 17.8 Å². The normalized spacial score (nSPS) is 14.2. The summed E-state index contributed by atoms with van der Waals surface area (Å²) in [7, 11) is 0. The summed E-state index contributed by atoms with van der Waals surface area (Å²) >= 11 is 0. The Morgan fingerprint density at radius 1 is 1.31 bits per heavy atom. The van der Waals surface area contributed by atoms with Crippen LogP contribution in [-0.4, -0.2) is 59.4 Å². The molecule has 0 spiro atoms. The zero-order chi connectivity index (χ0) is 18.5. The van der Waals surface area contributed by atoms with E-state index in [0.717, 1.165) is 0 Å². The van der Waals surface area contributed by atoms with Crippen molar-refractivity contribution in [1.29, 1.82) is 0 Å². The number of aryl methyl sites for hydroxylation is 1. The van der Waals surface area contributed by atoms with E-state index in [2.05, 4.69) is 21.9 Å². The summed E-state index contributed by atoms with van der Waals surface area (Å²) in [4.78, 5) is 37.0. The molecule has 0 atom stereocenters. The van der Waals surface area contributed by atoms with Gasteiger partial charge < -0.3 is 19.5 Å². The van der Waals surface area contributed by atoms with E-state index in [0.29, 0.717) is 55.8 Å². The summed E-state index contributed by atoms with van der Waals surface area (Å²) < 4.78 is 5.17. The third-order valence-electron chi connectivity index (χ3n) is 4.06. The van der Waals surface area contributed by atoms with Gasteiger partial charge in [-0.05, 0) is 25.1 Å². The van der Waals surface area contributed by atoms with Crippen LogP contribution in [-0.2, 0) is 0 Å². The van der Waals surface area contributed by atoms with Gasteiger partial charge in [-0.25, -0.2) is 9.97 Å². The molecular formula is C18H21N5O3. The van der Waals surface area contributed by atoms with Gasteiger partial charge in [0.05, 0.1) is 6.26 Å². The predicted octanol–water partition coefficient (Wildman–Crippen LogP) is 1.26. The highest BCUT2D eigenvalue weighted by atomic mass is 16.3. The third-order valence-corrected chi connectivity index (χ3v) is 4.06. The maximum atomic E-state index is 12.3. The van der Waals surface area contributed by atoms with Gasteiger partial charge in [0.1, 0.15) is 5.69 Å². The van der Waals surface area contributed by atoms with Gasteiger partial charge >= 0.3 is 0 Å². The van der Waals surface area contributed by atoms with Crippen LogP contribution in [0.25, 0.3) is 0 Å². The lowest BCUT2D eigenvalue weighted by Gasteiger charge is -2.34. The Bertz CT molecular complexity index is 795. The first-order valence-corrected chi connectivity index (χ1v) is 8.41. The molecule has 1 N–H and O–H groups in total. The lowest BCUT2D eigenvalue weighted by molar-refractivity contribution is 0.0714. The average Bonchev–Trinajstić information content (AvgIpc) is 3.20. The van der Waals surface area contributed by atoms with E-state index in [1.165, 1.54) is 6.26 Å². The molecule has 3 rings (SSSR count).